The van der Waals surface area contributed by atoms with Crippen LogP contribution < -0.4 is 15.5 Å². The molecule has 1 aliphatic carbocycles. The van der Waals surface area contributed by atoms with Crippen molar-refractivity contribution >= 4 is 17.7 Å². The highest BCUT2D eigenvalue weighted by Crippen LogP contribution is 2.22. The Balaban J connectivity index is 1.51. The Bertz CT molecular complexity index is 836. The summed E-state index contributed by atoms with van der Waals surface area (Å²) < 4.78 is 0. The maximum Gasteiger partial charge on any atom is 0.251 e. The van der Waals surface area contributed by atoms with Gasteiger partial charge in [-0.2, -0.15) is 10.2 Å². The normalized spacial score (nSPS) is 19.0. The van der Waals surface area contributed by atoms with Gasteiger partial charge in [-0.05, 0) is 49.9 Å². The van der Waals surface area contributed by atoms with Crippen LogP contribution in [0.1, 0.15) is 41.6 Å². The van der Waals surface area contributed by atoms with Crippen LogP contribution in [-0.4, -0.2) is 42.1 Å². The molecule has 1 saturated carbocycles. The van der Waals surface area contributed by atoms with Crippen molar-refractivity contribution in [3.05, 3.63) is 47.7 Å². The molecule has 1 aliphatic rings. The molecule has 1 heterocycles. The fourth-order valence-corrected chi connectivity index (χ4v) is 3.23. The molecule has 2 N–H and O–H groups in total. The van der Waals surface area contributed by atoms with Gasteiger partial charge in [0.2, 0.25) is 5.95 Å². The first-order valence-electron chi connectivity index (χ1n) is 9.13. The Morgan fingerprint density at radius 1 is 1.19 bits per heavy atom. The molecule has 1 fully saturated rings. The zero-order valence-corrected chi connectivity index (χ0v) is 15.6. The SMILES string of the molecule is CN(C)c1ccnc(NC2CCC(NC(=O)c3cccc(C#N)c3)CC2)n1. The average Bonchev–Trinajstić information content (AvgIpc) is 2.69. The Hall–Kier alpha value is -3.14. The minimum atomic E-state index is -0.120. The second-order valence-corrected chi connectivity index (χ2v) is 6.99. The smallest absolute Gasteiger partial charge is 0.251 e. The maximum atomic E-state index is 12.4. The standard InChI is InChI=1S/C20H24N6O/c1-26(2)18-10-11-22-20(25-18)24-17-8-6-16(7-9-17)23-19(27)15-5-3-4-14(12-15)13-21/h3-5,10-12,16-17H,6-9H2,1-2H3,(H,23,27)(H,22,24,25). The number of rotatable bonds is 5. The van der Waals surface area contributed by atoms with Crippen LogP contribution in [-0.2, 0) is 0 Å². The number of aromatic nitrogens is 2. The second kappa shape index (κ2) is 8.49. The number of benzene rings is 1. The van der Waals surface area contributed by atoms with Crippen LogP contribution in [0.5, 0.6) is 0 Å². The lowest BCUT2D eigenvalue weighted by Gasteiger charge is -2.29. The van der Waals surface area contributed by atoms with E-state index < -0.39 is 0 Å². The molecule has 2 aromatic rings. The molecule has 1 aromatic heterocycles. The molecule has 0 spiro atoms. The van der Waals surface area contributed by atoms with Gasteiger partial charge in [0.25, 0.3) is 5.91 Å². The fourth-order valence-electron chi connectivity index (χ4n) is 3.23. The van der Waals surface area contributed by atoms with Crippen molar-refractivity contribution in [2.45, 2.75) is 37.8 Å². The van der Waals surface area contributed by atoms with Crippen LogP contribution in [0, 0.1) is 11.3 Å². The predicted octanol–water partition coefficient (Wildman–Crippen LogP) is 2.57. The molecule has 3 rings (SSSR count). The van der Waals surface area contributed by atoms with Crippen LogP contribution in [0.3, 0.4) is 0 Å². The zero-order chi connectivity index (χ0) is 19.2. The van der Waals surface area contributed by atoms with Crippen molar-refractivity contribution in [2.24, 2.45) is 0 Å². The van der Waals surface area contributed by atoms with E-state index in [4.69, 9.17) is 5.26 Å². The van der Waals surface area contributed by atoms with E-state index in [0.29, 0.717) is 23.1 Å². The lowest BCUT2D eigenvalue weighted by atomic mass is 9.91. The van der Waals surface area contributed by atoms with E-state index in [2.05, 4.69) is 26.7 Å². The first-order chi connectivity index (χ1) is 13.0. The van der Waals surface area contributed by atoms with Crippen molar-refractivity contribution < 1.29 is 4.79 Å². The molecule has 0 bridgehead atoms. The average molecular weight is 364 g/mol. The minimum absolute atomic E-state index is 0.120. The maximum absolute atomic E-state index is 12.4. The summed E-state index contributed by atoms with van der Waals surface area (Å²) >= 11 is 0. The predicted molar refractivity (Wildman–Crippen MR) is 105 cm³/mol. The van der Waals surface area contributed by atoms with E-state index >= 15 is 0 Å². The minimum Gasteiger partial charge on any atom is -0.363 e. The summed E-state index contributed by atoms with van der Waals surface area (Å²) in [6, 6.07) is 11.2. The van der Waals surface area contributed by atoms with Crippen LogP contribution >= 0.6 is 0 Å². The monoisotopic (exact) mass is 364 g/mol. The molecular formula is C20H24N6O. The number of nitrogens with one attached hydrogen (secondary N) is 2. The highest BCUT2D eigenvalue weighted by Gasteiger charge is 2.23. The molecule has 1 aromatic carbocycles. The number of hydrogen-bond donors (Lipinski definition) is 2. The molecular weight excluding hydrogens is 340 g/mol. The first-order valence-corrected chi connectivity index (χ1v) is 9.13. The molecule has 1 amide bonds. The van der Waals surface area contributed by atoms with Gasteiger partial charge < -0.3 is 15.5 Å². The molecule has 0 aliphatic heterocycles. The first kappa shape index (κ1) is 18.6. The third kappa shape index (κ3) is 4.94. The van der Waals surface area contributed by atoms with Crippen LogP contribution in [0.2, 0.25) is 0 Å². The van der Waals surface area contributed by atoms with Gasteiger partial charge in [-0.25, -0.2) is 4.98 Å². The number of hydrogen-bond acceptors (Lipinski definition) is 6. The molecule has 0 atom stereocenters. The number of carbonyl (C=O) groups excluding carboxylic acids is 1. The van der Waals surface area contributed by atoms with Gasteiger partial charge in [0.15, 0.2) is 0 Å². The van der Waals surface area contributed by atoms with Gasteiger partial charge in [-0.15, -0.1) is 0 Å². The van der Waals surface area contributed by atoms with Crippen molar-refractivity contribution in [3.63, 3.8) is 0 Å². The number of amides is 1. The number of carbonyl (C=O) groups is 1. The van der Waals surface area contributed by atoms with Crippen molar-refractivity contribution in [2.75, 3.05) is 24.3 Å². The van der Waals surface area contributed by atoms with Gasteiger partial charge in [0.1, 0.15) is 5.82 Å². The molecule has 7 nitrogen and oxygen atoms in total. The number of nitriles is 1. The van der Waals surface area contributed by atoms with Gasteiger partial charge in [-0.1, -0.05) is 6.07 Å². The topological polar surface area (TPSA) is 93.9 Å². The summed E-state index contributed by atoms with van der Waals surface area (Å²) in [5.74, 6) is 1.39. The summed E-state index contributed by atoms with van der Waals surface area (Å²) in [5, 5.41) is 15.4. The molecule has 140 valence electrons. The molecule has 0 saturated heterocycles. The van der Waals surface area contributed by atoms with E-state index in [0.717, 1.165) is 31.5 Å². The third-order valence-corrected chi connectivity index (χ3v) is 4.75. The van der Waals surface area contributed by atoms with Crippen molar-refractivity contribution in [3.8, 4) is 6.07 Å². The molecule has 7 heteroatoms. The zero-order valence-electron chi connectivity index (χ0n) is 15.6. The van der Waals surface area contributed by atoms with Crippen LogP contribution in [0.4, 0.5) is 11.8 Å². The molecule has 0 radical (unpaired) electrons. The summed E-state index contributed by atoms with van der Waals surface area (Å²) in [5.41, 5.74) is 1.03. The van der Waals surface area contributed by atoms with Gasteiger partial charge in [0.05, 0.1) is 11.6 Å². The van der Waals surface area contributed by atoms with Crippen molar-refractivity contribution in [1.29, 1.82) is 5.26 Å². The fraction of sp³-hybridized carbons (Fsp3) is 0.400. The Morgan fingerprint density at radius 3 is 2.63 bits per heavy atom. The largest absolute Gasteiger partial charge is 0.363 e. The second-order valence-electron chi connectivity index (χ2n) is 6.99. The summed E-state index contributed by atoms with van der Waals surface area (Å²) in [4.78, 5) is 23.1. The summed E-state index contributed by atoms with van der Waals surface area (Å²) in [6.45, 7) is 0. The highest BCUT2D eigenvalue weighted by molar-refractivity contribution is 5.94. The van der Waals surface area contributed by atoms with E-state index in [-0.39, 0.29) is 11.9 Å². The highest BCUT2D eigenvalue weighted by atomic mass is 16.1. The number of anilines is 2. The number of nitrogens with zero attached hydrogens (tertiary/aromatic N) is 4. The van der Waals surface area contributed by atoms with Crippen LogP contribution in [0.25, 0.3) is 0 Å². The molecule has 0 unspecified atom stereocenters. The van der Waals surface area contributed by atoms with Crippen molar-refractivity contribution in [1.82, 2.24) is 15.3 Å². The molecule has 27 heavy (non-hydrogen) atoms. The Labute approximate surface area is 159 Å². The van der Waals surface area contributed by atoms with Gasteiger partial charge >= 0.3 is 0 Å². The quantitative estimate of drug-likeness (QED) is 0.847. The summed E-state index contributed by atoms with van der Waals surface area (Å²) in [7, 11) is 3.90. The lowest BCUT2D eigenvalue weighted by Crippen LogP contribution is -2.40. The van der Waals surface area contributed by atoms with Gasteiger partial charge in [-0.3, -0.25) is 4.79 Å². The van der Waals surface area contributed by atoms with E-state index in [1.165, 1.54) is 0 Å². The Kier molecular flexibility index (Phi) is 5.87. The van der Waals surface area contributed by atoms with Crippen LogP contribution in [0.15, 0.2) is 36.5 Å². The van der Waals surface area contributed by atoms with Gasteiger partial charge in [0, 0.05) is 37.9 Å². The summed E-state index contributed by atoms with van der Waals surface area (Å²) in [6.07, 6.45) is 5.44. The third-order valence-electron chi connectivity index (χ3n) is 4.75. The van der Waals surface area contributed by atoms with E-state index in [1.54, 1.807) is 30.5 Å². The Morgan fingerprint density at radius 2 is 1.93 bits per heavy atom. The van der Waals surface area contributed by atoms with E-state index in [1.807, 2.05) is 25.1 Å². The van der Waals surface area contributed by atoms with E-state index in [9.17, 15) is 4.79 Å². The lowest BCUT2D eigenvalue weighted by molar-refractivity contribution is 0.0926.